The topological polar surface area (TPSA) is 89.9 Å². The molecule has 3 rings (SSSR count). The Morgan fingerprint density at radius 1 is 1.38 bits per heavy atom. The van der Waals surface area contributed by atoms with Crippen LogP contribution in [0.5, 0.6) is 0 Å². The Labute approximate surface area is 123 Å². The molecule has 112 valence electrons. The summed E-state index contributed by atoms with van der Waals surface area (Å²) in [6.45, 7) is 5.20. The normalized spacial score (nSPS) is 16.6. The third-order valence-corrected chi connectivity index (χ3v) is 4.18. The average molecular weight is 288 g/mol. The van der Waals surface area contributed by atoms with Gasteiger partial charge in [-0.05, 0) is 19.3 Å². The van der Waals surface area contributed by atoms with Crippen LogP contribution in [0.15, 0.2) is 6.33 Å². The number of hydrogen-bond acceptors (Lipinski definition) is 5. The number of aromatic nitrogens is 4. The molecule has 2 aromatic heterocycles. The third-order valence-electron chi connectivity index (χ3n) is 4.18. The second kappa shape index (κ2) is 5.31. The lowest BCUT2D eigenvalue weighted by atomic mass is 10.1. The van der Waals surface area contributed by atoms with Gasteiger partial charge in [0.2, 0.25) is 5.91 Å². The zero-order valence-electron chi connectivity index (χ0n) is 12.4. The smallest absolute Gasteiger partial charge is 0.219 e. The molecule has 1 fully saturated rings. The number of amides is 1. The summed E-state index contributed by atoms with van der Waals surface area (Å²) in [5.41, 5.74) is 7.73. The van der Waals surface area contributed by atoms with Crippen molar-refractivity contribution in [3.63, 3.8) is 0 Å². The molecule has 0 unspecified atom stereocenters. The highest BCUT2D eigenvalue weighted by molar-refractivity contribution is 5.88. The van der Waals surface area contributed by atoms with Gasteiger partial charge >= 0.3 is 0 Å². The van der Waals surface area contributed by atoms with Gasteiger partial charge in [0.05, 0.1) is 17.1 Å². The van der Waals surface area contributed by atoms with E-state index >= 15 is 0 Å². The molecular weight excluding hydrogens is 268 g/mol. The zero-order chi connectivity index (χ0) is 15.0. The highest BCUT2D eigenvalue weighted by Gasteiger charge is 2.25. The van der Waals surface area contributed by atoms with Gasteiger partial charge < -0.3 is 10.6 Å². The number of fused-ring (bicyclic) bond motifs is 1. The van der Waals surface area contributed by atoms with E-state index in [4.69, 9.17) is 10.8 Å². The van der Waals surface area contributed by atoms with Crippen molar-refractivity contribution in [3.8, 4) is 0 Å². The first kappa shape index (κ1) is 13.8. The Bertz CT molecular complexity index is 671. The van der Waals surface area contributed by atoms with E-state index in [1.165, 1.54) is 6.33 Å². The van der Waals surface area contributed by atoms with Gasteiger partial charge in [0.15, 0.2) is 5.65 Å². The molecule has 0 spiro atoms. The Morgan fingerprint density at radius 2 is 2.10 bits per heavy atom. The van der Waals surface area contributed by atoms with E-state index in [0.717, 1.165) is 49.1 Å². The molecule has 0 saturated carbocycles. The summed E-state index contributed by atoms with van der Waals surface area (Å²) >= 11 is 0. The Hall–Kier alpha value is -2.18. The highest BCUT2D eigenvalue weighted by Crippen LogP contribution is 2.29. The molecule has 7 heteroatoms. The highest BCUT2D eigenvalue weighted by atomic mass is 16.2. The first-order chi connectivity index (χ1) is 10.1. The second-order valence-electron chi connectivity index (χ2n) is 5.44. The first-order valence-corrected chi connectivity index (χ1v) is 7.35. The van der Waals surface area contributed by atoms with Gasteiger partial charge in [-0.25, -0.2) is 14.6 Å². The van der Waals surface area contributed by atoms with Crippen LogP contribution in [0.2, 0.25) is 0 Å². The van der Waals surface area contributed by atoms with Crippen molar-refractivity contribution in [2.24, 2.45) is 0 Å². The Balaban J connectivity index is 1.95. The number of nitrogen functional groups attached to an aromatic ring is 1. The molecule has 2 aromatic rings. The fourth-order valence-electron chi connectivity index (χ4n) is 2.99. The van der Waals surface area contributed by atoms with Crippen molar-refractivity contribution < 1.29 is 4.79 Å². The summed E-state index contributed by atoms with van der Waals surface area (Å²) in [6.07, 6.45) is 4.07. The van der Waals surface area contributed by atoms with Gasteiger partial charge in [-0.2, -0.15) is 5.10 Å². The van der Waals surface area contributed by atoms with E-state index < -0.39 is 0 Å². The minimum absolute atomic E-state index is 0.139. The third kappa shape index (κ3) is 2.32. The van der Waals surface area contributed by atoms with Crippen LogP contribution in [0, 0.1) is 0 Å². The number of anilines is 1. The van der Waals surface area contributed by atoms with Crippen LogP contribution in [0.3, 0.4) is 0 Å². The average Bonchev–Trinajstić information content (AvgIpc) is 2.87. The van der Waals surface area contributed by atoms with Crippen LogP contribution >= 0.6 is 0 Å². The van der Waals surface area contributed by atoms with Gasteiger partial charge in [-0.3, -0.25) is 4.79 Å². The van der Waals surface area contributed by atoms with Gasteiger partial charge in [-0.15, -0.1) is 0 Å². The van der Waals surface area contributed by atoms with Crippen molar-refractivity contribution in [3.05, 3.63) is 12.0 Å². The maximum Gasteiger partial charge on any atom is 0.219 e. The van der Waals surface area contributed by atoms with Crippen molar-refractivity contribution in [2.75, 3.05) is 18.8 Å². The molecule has 7 nitrogen and oxygen atoms in total. The minimum Gasteiger partial charge on any atom is -0.383 e. The summed E-state index contributed by atoms with van der Waals surface area (Å²) in [5.74, 6) is 0.629. The number of nitrogens with two attached hydrogens (primary N) is 1. The van der Waals surface area contributed by atoms with E-state index in [9.17, 15) is 4.79 Å². The monoisotopic (exact) mass is 288 g/mol. The van der Waals surface area contributed by atoms with E-state index in [0.29, 0.717) is 5.82 Å². The molecule has 1 aliphatic heterocycles. The fraction of sp³-hybridized carbons (Fsp3) is 0.571. The van der Waals surface area contributed by atoms with Crippen molar-refractivity contribution >= 4 is 22.8 Å². The molecule has 2 N–H and O–H groups in total. The zero-order valence-corrected chi connectivity index (χ0v) is 12.4. The molecular formula is C14H20N6O. The SMILES string of the molecule is CCc1nn(C2CCN(C(C)=O)CC2)c2ncnc(N)c12. The lowest BCUT2D eigenvalue weighted by Gasteiger charge is -2.31. The van der Waals surface area contributed by atoms with Gasteiger partial charge in [0, 0.05) is 20.0 Å². The van der Waals surface area contributed by atoms with Crippen molar-refractivity contribution in [1.82, 2.24) is 24.6 Å². The first-order valence-electron chi connectivity index (χ1n) is 7.35. The number of rotatable bonds is 2. The summed E-state index contributed by atoms with van der Waals surface area (Å²) in [4.78, 5) is 21.7. The number of piperidine rings is 1. The largest absolute Gasteiger partial charge is 0.383 e. The molecule has 0 aliphatic carbocycles. The fourth-order valence-corrected chi connectivity index (χ4v) is 2.99. The van der Waals surface area contributed by atoms with E-state index in [2.05, 4.69) is 16.9 Å². The van der Waals surface area contributed by atoms with E-state index in [1.54, 1.807) is 6.92 Å². The van der Waals surface area contributed by atoms with Crippen molar-refractivity contribution in [2.45, 2.75) is 39.2 Å². The lowest BCUT2D eigenvalue weighted by molar-refractivity contribution is -0.130. The number of hydrogen-bond donors (Lipinski definition) is 1. The molecule has 0 radical (unpaired) electrons. The molecule has 0 aromatic carbocycles. The summed E-state index contributed by atoms with van der Waals surface area (Å²) in [6, 6.07) is 0.262. The molecule has 21 heavy (non-hydrogen) atoms. The quantitative estimate of drug-likeness (QED) is 0.895. The lowest BCUT2D eigenvalue weighted by Crippen LogP contribution is -2.37. The minimum atomic E-state index is 0.139. The number of likely N-dealkylation sites (tertiary alicyclic amines) is 1. The van der Waals surface area contributed by atoms with Crippen LogP contribution < -0.4 is 5.73 Å². The Kier molecular flexibility index (Phi) is 3.48. The number of carbonyl (C=O) groups is 1. The summed E-state index contributed by atoms with van der Waals surface area (Å²) in [5, 5.41) is 5.56. The molecule has 1 amide bonds. The summed E-state index contributed by atoms with van der Waals surface area (Å²) in [7, 11) is 0. The number of aryl methyl sites for hydroxylation is 1. The molecule has 1 aliphatic rings. The van der Waals surface area contributed by atoms with Crippen LogP contribution in [0.25, 0.3) is 11.0 Å². The molecule has 3 heterocycles. The van der Waals surface area contributed by atoms with Crippen LogP contribution in [-0.2, 0) is 11.2 Å². The van der Waals surface area contributed by atoms with Crippen molar-refractivity contribution in [1.29, 1.82) is 0 Å². The molecule has 0 atom stereocenters. The predicted octanol–water partition coefficient (Wildman–Crippen LogP) is 1.15. The van der Waals surface area contributed by atoms with Gasteiger partial charge in [0.25, 0.3) is 0 Å². The van der Waals surface area contributed by atoms with Gasteiger partial charge in [-0.1, -0.05) is 6.92 Å². The standard InChI is InChI=1S/C14H20N6O/c1-3-11-12-13(15)16-8-17-14(12)20(18-11)10-4-6-19(7-5-10)9(2)21/h8,10H,3-7H2,1-2H3,(H2,15,16,17). The van der Waals surface area contributed by atoms with Crippen LogP contribution in [-0.4, -0.2) is 43.6 Å². The number of carbonyl (C=O) groups excluding carboxylic acids is 1. The maximum atomic E-state index is 11.4. The van der Waals surface area contributed by atoms with Crippen LogP contribution in [0.4, 0.5) is 5.82 Å². The van der Waals surface area contributed by atoms with Crippen LogP contribution in [0.1, 0.15) is 38.4 Å². The van der Waals surface area contributed by atoms with E-state index in [-0.39, 0.29) is 11.9 Å². The number of nitrogens with zero attached hydrogens (tertiary/aromatic N) is 5. The Morgan fingerprint density at radius 3 is 2.71 bits per heavy atom. The maximum absolute atomic E-state index is 11.4. The second-order valence-corrected chi connectivity index (χ2v) is 5.44. The van der Waals surface area contributed by atoms with Gasteiger partial charge in [0.1, 0.15) is 12.1 Å². The molecule has 0 bridgehead atoms. The molecule has 1 saturated heterocycles. The summed E-state index contributed by atoms with van der Waals surface area (Å²) < 4.78 is 1.98. The van der Waals surface area contributed by atoms with E-state index in [1.807, 2.05) is 9.58 Å². The predicted molar refractivity (Wildman–Crippen MR) is 79.6 cm³/mol.